The number of rotatable bonds is 2. The zero-order valence-electron chi connectivity index (χ0n) is 4.66. The Hall–Kier alpha value is 0.920. The van der Waals surface area contributed by atoms with Crippen LogP contribution in [0.3, 0.4) is 0 Å². The van der Waals surface area contributed by atoms with Gasteiger partial charge in [-0.15, -0.1) is 0 Å². The van der Waals surface area contributed by atoms with Crippen LogP contribution in [0.2, 0.25) is 0 Å². The molecule has 0 spiro atoms. The van der Waals surface area contributed by atoms with Crippen LogP contribution in [0.4, 0.5) is 0 Å². The molecular formula is C5H8Br2O. The summed E-state index contributed by atoms with van der Waals surface area (Å²) in [4.78, 5) is 0. The number of hydrogen-bond acceptors (Lipinski definition) is 1. The first-order valence-corrected chi connectivity index (χ1v) is 4.77. The molecule has 0 aliphatic carbocycles. The summed E-state index contributed by atoms with van der Waals surface area (Å²) in [6, 6.07) is 0. The molecular weight excluding hydrogens is 236 g/mol. The molecule has 3 heteroatoms. The van der Waals surface area contributed by atoms with Crippen molar-refractivity contribution in [3.63, 3.8) is 0 Å². The zero-order chi connectivity index (χ0) is 6.20. The van der Waals surface area contributed by atoms with Crippen LogP contribution in [-0.4, -0.2) is 22.4 Å². The molecule has 0 bridgehead atoms. The van der Waals surface area contributed by atoms with Gasteiger partial charge in [0.15, 0.2) is 0 Å². The smallest absolute Gasteiger partial charge is 0.102 e. The second-order valence-corrected chi connectivity index (χ2v) is 3.42. The van der Waals surface area contributed by atoms with Crippen molar-refractivity contribution in [2.75, 3.05) is 10.7 Å². The molecule has 1 aliphatic rings. The molecule has 0 saturated carbocycles. The van der Waals surface area contributed by atoms with E-state index in [1.54, 1.807) is 0 Å². The number of epoxide rings is 1. The third-order valence-corrected chi connectivity index (χ3v) is 3.14. The summed E-state index contributed by atoms with van der Waals surface area (Å²) >= 11 is 6.71. The van der Waals surface area contributed by atoms with Gasteiger partial charge in [0.1, 0.15) is 5.60 Å². The van der Waals surface area contributed by atoms with Crippen LogP contribution in [0, 0.1) is 0 Å². The van der Waals surface area contributed by atoms with Crippen molar-refractivity contribution in [3.8, 4) is 0 Å². The van der Waals surface area contributed by atoms with Crippen LogP contribution in [0.5, 0.6) is 0 Å². The first-order valence-electron chi connectivity index (χ1n) is 2.52. The lowest BCUT2D eigenvalue weighted by Gasteiger charge is -1.94. The van der Waals surface area contributed by atoms with Crippen molar-refractivity contribution >= 4 is 31.9 Å². The maximum atomic E-state index is 5.31. The van der Waals surface area contributed by atoms with E-state index in [4.69, 9.17) is 4.74 Å². The van der Waals surface area contributed by atoms with Gasteiger partial charge in [-0.1, -0.05) is 31.9 Å². The monoisotopic (exact) mass is 242 g/mol. The summed E-state index contributed by atoms with van der Waals surface area (Å²) in [5.74, 6) is 0. The predicted molar refractivity (Wildman–Crippen MR) is 40.9 cm³/mol. The minimum absolute atomic E-state index is 0.128. The lowest BCUT2D eigenvalue weighted by molar-refractivity contribution is 0.334. The van der Waals surface area contributed by atoms with Gasteiger partial charge < -0.3 is 4.74 Å². The van der Waals surface area contributed by atoms with E-state index in [1.165, 1.54) is 0 Å². The first kappa shape index (κ1) is 7.03. The van der Waals surface area contributed by atoms with E-state index in [0.29, 0.717) is 6.10 Å². The van der Waals surface area contributed by atoms with Crippen molar-refractivity contribution in [1.29, 1.82) is 0 Å². The van der Waals surface area contributed by atoms with Crippen molar-refractivity contribution < 1.29 is 4.74 Å². The van der Waals surface area contributed by atoms with E-state index >= 15 is 0 Å². The summed E-state index contributed by atoms with van der Waals surface area (Å²) in [7, 11) is 0. The number of halogens is 2. The SMILES string of the molecule is CC1(CBr)OC1CBr. The summed E-state index contributed by atoms with van der Waals surface area (Å²) in [5, 5.41) is 1.89. The molecule has 0 N–H and O–H groups in total. The highest BCUT2D eigenvalue weighted by molar-refractivity contribution is 9.09. The fraction of sp³-hybridized carbons (Fsp3) is 1.00. The second kappa shape index (κ2) is 2.27. The normalized spacial score (nSPS) is 44.6. The van der Waals surface area contributed by atoms with Gasteiger partial charge in [0.25, 0.3) is 0 Å². The van der Waals surface area contributed by atoms with Gasteiger partial charge in [0.05, 0.1) is 6.10 Å². The summed E-state index contributed by atoms with van der Waals surface area (Å²) in [5.41, 5.74) is 0.128. The van der Waals surface area contributed by atoms with Crippen LogP contribution in [-0.2, 0) is 4.74 Å². The van der Waals surface area contributed by atoms with Crippen LogP contribution in [0.15, 0.2) is 0 Å². The maximum Gasteiger partial charge on any atom is 0.102 e. The van der Waals surface area contributed by atoms with E-state index < -0.39 is 0 Å². The van der Waals surface area contributed by atoms with Crippen molar-refractivity contribution in [2.45, 2.75) is 18.6 Å². The average Bonchev–Trinajstić information content (AvgIpc) is 2.44. The zero-order valence-corrected chi connectivity index (χ0v) is 7.83. The Bertz CT molecular complexity index is 96.4. The van der Waals surface area contributed by atoms with Gasteiger partial charge >= 0.3 is 0 Å². The molecule has 1 saturated heterocycles. The minimum Gasteiger partial charge on any atom is -0.365 e. The lowest BCUT2D eigenvalue weighted by Crippen LogP contribution is -2.11. The van der Waals surface area contributed by atoms with E-state index in [9.17, 15) is 0 Å². The first-order chi connectivity index (χ1) is 3.73. The Morgan fingerprint density at radius 2 is 2.25 bits per heavy atom. The molecule has 2 unspecified atom stereocenters. The highest BCUT2D eigenvalue weighted by Crippen LogP contribution is 2.38. The Morgan fingerprint density at radius 1 is 1.62 bits per heavy atom. The molecule has 0 amide bonds. The molecule has 48 valence electrons. The summed E-state index contributed by atoms with van der Waals surface area (Å²) < 4.78 is 5.31. The number of ether oxygens (including phenoxy) is 1. The fourth-order valence-corrected chi connectivity index (χ4v) is 1.91. The quantitative estimate of drug-likeness (QED) is 0.534. The molecule has 1 aliphatic heterocycles. The molecule has 2 atom stereocenters. The average molecular weight is 244 g/mol. The third kappa shape index (κ3) is 1.09. The van der Waals surface area contributed by atoms with Gasteiger partial charge in [-0.05, 0) is 6.92 Å². The summed E-state index contributed by atoms with van der Waals surface area (Å²) in [6.45, 7) is 2.10. The van der Waals surface area contributed by atoms with Crippen LogP contribution < -0.4 is 0 Å². The van der Waals surface area contributed by atoms with Gasteiger partial charge in [0, 0.05) is 10.7 Å². The number of alkyl halides is 2. The molecule has 1 fully saturated rings. The highest BCUT2D eigenvalue weighted by atomic mass is 79.9. The van der Waals surface area contributed by atoms with Crippen molar-refractivity contribution in [1.82, 2.24) is 0 Å². The fourth-order valence-electron chi connectivity index (χ4n) is 0.603. The van der Waals surface area contributed by atoms with Crippen LogP contribution in [0.1, 0.15) is 6.92 Å². The Kier molecular flexibility index (Phi) is 2.00. The molecule has 0 radical (unpaired) electrons. The molecule has 0 aromatic heterocycles. The second-order valence-electron chi connectivity index (χ2n) is 2.21. The molecule has 0 aromatic rings. The van der Waals surface area contributed by atoms with E-state index in [2.05, 4.69) is 38.8 Å². The van der Waals surface area contributed by atoms with Crippen molar-refractivity contribution in [2.24, 2.45) is 0 Å². The van der Waals surface area contributed by atoms with E-state index in [0.717, 1.165) is 10.7 Å². The molecule has 1 nitrogen and oxygen atoms in total. The van der Waals surface area contributed by atoms with E-state index in [-0.39, 0.29) is 5.60 Å². The molecule has 1 heterocycles. The minimum atomic E-state index is 0.128. The Balaban J connectivity index is 2.31. The number of hydrogen-bond donors (Lipinski definition) is 0. The third-order valence-electron chi connectivity index (χ3n) is 1.44. The van der Waals surface area contributed by atoms with Gasteiger partial charge in [-0.25, -0.2) is 0 Å². The maximum absolute atomic E-state index is 5.31. The molecule has 8 heavy (non-hydrogen) atoms. The van der Waals surface area contributed by atoms with Gasteiger partial charge in [0.2, 0.25) is 0 Å². The Morgan fingerprint density at radius 3 is 2.38 bits per heavy atom. The molecule has 0 aromatic carbocycles. The van der Waals surface area contributed by atoms with Crippen molar-refractivity contribution in [3.05, 3.63) is 0 Å². The lowest BCUT2D eigenvalue weighted by atomic mass is 10.2. The van der Waals surface area contributed by atoms with E-state index in [1.807, 2.05) is 0 Å². The van der Waals surface area contributed by atoms with Gasteiger partial charge in [-0.2, -0.15) is 0 Å². The van der Waals surface area contributed by atoms with Crippen LogP contribution in [0.25, 0.3) is 0 Å². The molecule has 1 rings (SSSR count). The van der Waals surface area contributed by atoms with Gasteiger partial charge in [-0.3, -0.25) is 0 Å². The largest absolute Gasteiger partial charge is 0.365 e. The topological polar surface area (TPSA) is 12.5 Å². The standard InChI is InChI=1S/C5H8Br2O/c1-5(3-7)4(2-6)8-5/h4H,2-3H2,1H3. The van der Waals surface area contributed by atoms with Crippen LogP contribution >= 0.6 is 31.9 Å². The summed E-state index contributed by atoms with van der Waals surface area (Å²) in [6.07, 6.45) is 0.432. The highest BCUT2D eigenvalue weighted by Gasteiger charge is 2.50. The Labute approximate surface area is 66.0 Å². The predicted octanol–water partition coefficient (Wildman–Crippen LogP) is 1.93.